The molecule has 6 rings (SSSR count). The Balaban J connectivity index is 1.23. The van der Waals surface area contributed by atoms with Crippen LogP contribution < -0.4 is 5.32 Å². The summed E-state index contributed by atoms with van der Waals surface area (Å²) in [6.07, 6.45) is 12.5. The molecule has 3 unspecified atom stereocenters. The van der Waals surface area contributed by atoms with Crippen molar-refractivity contribution < 1.29 is 4.79 Å². The average molecular weight is 368 g/mol. The molecule has 3 atom stereocenters. The molecule has 2 heterocycles. The molecule has 2 aromatic heterocycles. The summed E-state index contributed by atoms with van der Waals surface area (Å²) in [5.74, 6) is 1.88. The molecule has 2 aromatic rings. The van der Waals surface area contributed by atoms with E-state index in [1.165, 1.54) is 31.4 Å². The van der Waals surface area contributed by atoms with Gasteiger partial charge < -0.3 is 5.32 Å². The summed E-state index contributed by atoms with van der Waals surface area (Å²) in [6.45, 7) is 0.701. The van der Waals surface area contributed by atoms with Crippen molar-refractivity contribution in [3.63, 3.8) is 0 Å². The molecule has 0 spiro atoms. The van der Waals surface area contributed by atoms with E-state index in [9.17, 15) is 4.79 Å². The summed E-state index contributed by atoms with van der Waals surface area (Å²) < 4.78 is 4.05. The van der Waals surface area contributed by atoms with Crippen LogP contribution in [0.25, 0.3) is 0 Å². The summed E-state index contributed by atoms with van der Waals surface area (Å²) in [7, 11) is 1.90. The molecule has 7 nitrogen and oxygen atoms in total. The molecule has 2 bridgehead atoms. The molecule has 4 fully saturated rings. The third-order valence-corrected chi connectivity index (χ3v) is 7.22. The molecule has 4 aliphatic carbocycles. The van der Waals surface area contributed by atoms with Gasteiger partial charge in [-0.05, 0) is 56.9 Å². The fraction of sp³-hybridized carbons (Fsp3) is 0.700. The minimum Gasteiger partial charge on any atom is -0.356 e. The standard InChI is InChI=1S/C20H28N6O/c1-25-17(22-13-24-25)6-3-10-21-19(27)18-14-7-9-20(18,12-14)16-8-11-23-26(16)15-4-2-5-15/h8,11,13-15,18H,2-7,9-10,12H2,1H3,(H,21,27). The Morgan fingerprint density at radius 3 is 2.93 bits per heavy atom. The maximum Gasteiger partial charge on any atom is 0.224 e. The van der Waals surface area contributed by atoms with E-state index in [2.05, 4.69) is 31.2 Å². The SMILES string of the molecule is Cn1ncnc1CCCNC(=O)C1C2CCC1(c1ccnn1C1CCC1)C2. The highest BCUT2D eigenvalue weighted by Crippen LogP contribution is 2.64. The summed E-state index contributed by atoms with van der Waals surface area (Å²) in [5, 5.41) is 11.9. The Kier molecular flexibility index (Phi) is 4.06. The first-order valence-corrected chi connectivity index (χ1v) is 10.3. The predicted octanol–water partition coefficient (Wildman–Crippen LogP) is 2.15. The van der Waals surface area contributed by atoms with Crippen LogP contribution in [-0.4, -0.2) is 37.0 Å². The van der Waals surface area contributed by atoms with E-state index >= 15 is 0 Å². The molecule has 0 aromatic carbocycles. The highest BCUT2D eigenvalue weighted by molar-refractivity contribution is 5.82. The zero-order valence-corrected chi connectivity index (χ0v) is 16.0. The van der Waals surface area contributed by atoms with Crippen LogP contribution in [-0.2, 0) is 23.7 Å². The molecule has 4 aliphatic rings. The molecule has 0 aliphatic heterocycles. The van der Waals surface area contributed by atoms with Crippen molar-refractivity contribution in [2.24, 2.45) is 18.9 Å². The molecule has 1 N–H and O–H groups in total. The second-order valence-corrected chi connectivity index (χ2v) is 8.58. The van der Waals surface area contributed by atoms with Gasteiger partial charge in [-0.1, -0.05) is 0 Å². The molecule has 0 radical (unpaired) electrons. The topological polar surface area (TPSA) is 77.6 Å². The number of aromatic nitrogens is 5. The van der Waals surface area contributed by atoms with E-state index in [0.717, 1.165) is 31.5 Å². The van der Waals surface area contributed by atoms with Gasteiger partial charge >= 0.3 is 0 Å². The number of hydrogen-bond donors (Lipinski definition) is 1. The third kappa shape index (κ3) is 2.62. The van der Waals surface area contributed by atoms with Gasteiger partial charge in [0.2, 0.25) is 5.91 Å². The van der Waals surface area contributed by atoms with Crippen LogP contribution in [0.15, 0.2) is 18.6 Å². The first-order chi connectivity index (χ1) is 13.2. The lowest BCUT2D eigenvalue weighted by molar-refractivity contribution is -0.133. The van der Waals surface area contributed by atoms with Gasteiger partial charge in [0.1, 0.15) is 12.2 Å². The summed E-state index contributed by atoms with van der Waals surface area (Å²) in [4.78, 5) is 17.2. The average Bonchev–Trinajstić information content (AvgIpc) is 3.33. The molecule has 1 amide bonds. The van der Waals surface area contributed by atoms with E-state index in [1.807, 2.05) is 13.2 Å². The maximum absolute atomic E-state index is 13.0. The maximum atomic E-state index is 13.0. The predicted molar refractivity (Wildman–Crippen MR) is 100.0 cm³/mol. The lowest BCUT2D eigenvalue weighted by Crippen LogP contribution is -2.53. The number of rotatable bonds is 7. The van der Waals surface area contributed by atoms with Crippen molar-refractivity contribution in [3.8, 4) is 0 Å². The number of carbonyl (C=O) groups is 1. The van der Waals surface area contributed by atoms with Crippen LogP contribution in [0.5, 0.6) is 0 Å². The smallest absolute Gasteiger partial charge is 0.224 e. The second-order valence-electron chi connectivity index (χ2n) is 8.58. The Bertz CT molecular complexity index is 833. The van der Waals surface area contributed by atoms with E-state index in [1.54, 1.807) is 11.0 Å². The molecular formula is C20H28N6O. The molecule has 144 valence electrons. The second kappa shape index (κ2) is 6.46. The van der Waals surface area contributed by atoms with E-state index in [-0.39, 0.29) is 17.2 Å². The number of fused-ring (bicyclic) bond motifs is 1. The van der Waals surface area contributed by atoms with Crippen molar-refractivity contribution in [1.29, 1.82) is 0 Å². The largest absolute Gasteiger partial charge is 0.356 e. The number of nitrogens with one attached hydrogen (secondary N) is 1. The first kappa shape index (κ1) is 17.0. The molecule has 0 saturated heterocycles. The van der Waals surface area contributed by atoms with E-state index < -0.39 is 0 Å². The van der Waals surface area contributed by atoms with Crippen molar-refractivity contribution in [1.82, 2.24) is 29.9 Å². The molecule has 7 heteroatoms. The van der Waals surface area contributed by atoms with Gasteiger partial charge in [-0.15, -0.1) is 0 Å². The number of aryl methyl sites for hydroxylation is 2. The Labute approximate surface area is 159 Å². The quantitative estimate of drug-likeness (QED) is 0.760. The number of nitrogens with zero attached hydrogens (tertiary/aromatic N) is 5. The van der Waals surface area contributed by atoms with Gasteiger partial charge in [0.25, 0.3) is 0 Å². The zero-order chi connectivity index (χ0) is 18.4. The molecule has 27 heavy (non-hydrogen) atoms. The van der Waals surface area contributed by atoms with Crippen molar-refractivity contribution >= 4 is 5.91 Å². The van der Waals surface area contributed by atoms with Gasteiger partial charge in [0.15, 0.2) is 0 Å². The van der Waals surface area contributed by atoms with Crippen molar-refractivity contribution in [2.45, 2.75) is 62.8 Å². The van der Waals surface area contributed by atoms with Gasteiger partial charge in [0.05, 0.1) is 12.0 Å². The van der Waals surface area contributed by atoms with Crippen LogP contribution in [0.1, 0.15) is 62.5 Å². The Morgan fingerprint density at radius 2 is 2.22 bits per heavy atom. The van der Waals surface area contributed by atoms with Crippen LogP contribution in [0.2, 0.25) is 0 Å². The normalized spacial score (nSPS) is 29.4. The molecular weight excluding hydrogens is 340 g/mol. The van der Waals surface area contributed by atoms with Crippen LogP contribution >= 0.6 is 0 Å². The lowest BCUT2D eigenvalue weighted by atomic mass is 9.58. The van der Waals surface area contributed by atoms with E-state index in [0.29, 0.717) is 18.5 Å². The van der Waals surface area contributed by atoms with Crippen LogP contribution in [0, 0.1) is 11.8 Å². The van der Waals surface area contributed by atoms with Crippen LogP contribution in [0.3, 0.4) is 0 Å². The fourth-order valence-electron chi connectivity index (χ4n) is 5.57. The van der Waals surface area contributed by atoms with Gasteiger partial charge in [-0.3, -0.25) is 14.2 Å². The lowest BCUT2D eigenvalue weighted by Gasteiger charge is -2.47. The number of amides is 1. The number of carbonyl (C=O) groups excluding carboxylic acids is 1. The van der Waals surface area contributed by atoms with Crippen molar-refractivity contribution in [3.05, 3.63) is 30.1 Å². The summed E-state index contributed by atoms with van der Waals surface area (Å²) in [6, 6.07) is 2.73. The minimum atomic E-state index is 0.0322. The van der Waals surface area contributed by atoms with Crippen molar-refractivity contribution in [2.75, 3.05) is 6.54 Å². The third-order valence-electron chi connectivity index (χ3n) is 7.22. The summed E-state index contributed by atoms with van der Waals surface area (Å²) in [5.41, 5.74) is 1.35. The van der Waals surface area contributed by atoms with Gasteiger partial charge in [0, 0.05) is 37.3 Å². The highest BCUT2D eigenvalue weighted by Gasteiger charge is 2.64. The first-order valence-electron chi connectivity index (χ1n) is 10.3. The number of hydrogen-bond acceptors (Lipinski definition) is 4. The van der Waals surface area contributed by atoms with Crippen LogP contribution in [0.4, 0.5) is 0 Å². The molecule has 4 saturated carbocycles. The Morgan fingerprint density at radius 1 is 1.33 bits per heavy atom. The summed E-state index contributed by atoms with van der Waals surface area (Å²) >= 11 is 0. The monoisotopic (exact) mass is 368 g/mol. The Hall–Kier alpha value is -2.18. The van der Waals surface area contributed by atoms with Gasteiger partial charge in [-0.2, -0.15) is 10.2 Å². The van der Waals surface area contributed by atoms with Gasteiger partial charge in [-0.25, -0.2) is 4.98 Å². The minimum absolute atomic E-state index is 0.0322. The van der Waals surface area contributed by atoms with E-state index in [4.69, 9.17) is 0 Å². The fourth-order valence-corrected chi connectivity index (χ4v) is 5.57. The highest BCUT2D eigenvalue weighted by atomic mass is 16.2. The zero-order valence-electron chi connectivity index (χ0n) is 16.0.